The van der Waals surface area contributed by atoms with E-state index in [1.807, 2.05) is 0 Å². The Morgan fingerprint density at radius 1 is 1.44 bits per heavy atom. The molecule has 6 heteroatoms. The van der Waals surface area contributed by atoms with Gasteiger partial charge in [0.2, 0.25) is 0 Å². The normalized spacial score (nSPS) is 31.7. The summed E-state index contributed by atoms with van der Waals surface area (Å²) in [7, 11) is -0.210. The fourth-order valence-electron chi connectivity index (χ4n) is 0.971. The molecule has 1 fully saturated rings. The molecule has 53 valence electrons. The maximum atomic E-state index is 6.03. The first-order chi connectivity index (χ1) is 4.10. The van der Waals surface area contributed by atoms with Crippen molar-refractivity contribution in [3.05, 3.63) is 0 Å². The topological polar surface area (TPSA) is 18.5 Å². The van der Waals surface area contributed by atoms with Crippen molar-refractivity contribution in [1.29, 1.82) is 0 Å². The summed E-state index contributed by atoms with van der Waals surface area (Å²) >= 11 is -2.51. The van der Waals surface area contributed by atoms with Gasteiger partial charge in [-0.2, -0.15) is 0 Å². The average Bonchev–Trinajstić information content (AvgIpc) is 1.60. The van der Waals surface area contributed by atoms with Crippen LogP contribution in [0.2, 0.25) is 15.7 Å². The van der Waals surface area contributed by atoms with Crippen LogP contribution in [0.15, 0.2) is 0 Å². The molecule has 0 atom stereocenters. The van der Waals surface area contributed by atoms with E-state index in [2.05, 4.69) is 15.7 Å². The van der Waals surface area contributed by atoms with Crippen LogP contribution in [-0.4, -0.2) is 15.3 Å². The molecule has 1 rings (SSSR count). The summed E-state index contributed by atoms with van der Waals surface area (Å²) in [6, 6.07) is 0. The van der Waals surface area contributed by atoms with E-state index < -0.39 is 33.7 Å². The van der Waals surface area contributed by atoms with E-state index in [0.717, 1.165) is 0 Å². The third kappa shape index (κ3) is 3.12. The van der Waals surface area contributed by atoms with E-state index in [-0.39, 0.29) is 15.3 Å². The van der Waals surface area contributed by atoms with Crippen LogP contribution in [-0.2, 0) is 39.8 Å². The van der Waals surface area contributed by atoms with Gasteiger partial charge < -0.3 is 0 Å². The van der Waals surface area contributed by atoms with Crippen molar-refractivity contribution in [2.75, 3.05) is 0 Å². The van der Waals surface area contributed by atoms with Gasteiger partial charge in [-0.25, -0.2) is 0 Å². The predicted octanol–water partition coefficient (Wildman–Crippen LogP) is -0.223. The summed E-state index contributed by atoms with van der Waals surface area (Å²) < 4.78 is 11.7. The summed E-state index contributed by atoms with van der Waals surface area (Å²) in [5, 5.41) is 7.04. The Balaban J connectivity index is 2.41. The van der Waals surface area contributed by atoms with Gasteiger partial charge in [-0.05, 0) is 0 Å². The standard InChI is InChI=1S/3CH3.H4OSi2.O.2Ti/c;;;2-1-3;;;/h3*1H3;2-3H2;;;. The molecule has 0 bridgehead atoms. The van der Waals surface area contributed by atoms with Gasteiger partial charge in [0.05, 0.1) is 0 Å². The molecule has 9 heavy (non-hydrogen) atoms. The summed E-state index contributed by atoms with van der Waals surface area (Å²) in [5.74, 6) is 0. The SMILES string of the molecule is [CH3][Ti]1[O][Ti]([CH3])([CH3])[SiH2]O[SiH2]1. The Morgan fingerprint density at radius 3 is 2.44 bits per heavy atom. The van der Waals surface area contributed by atoms with Gasteiger partial charge in [0.1, 0.15) is 0 Å². The van der Waals surface area contributed by atoms with Crippen molar-refractivity contribution in [3.63, 3.8) is 0 Å². The third-order valence-electron chi connectivity index (χ3n) is 1.21. The molecule has 1 heterocycles. The molecule has 0 spiro atoms. The second kappa shape index (κ2) is 3.45. The second-order valence-electron chi connectivity index (χ2n) is 3.06. The van der Waals surface area contributed by atoms with Gasteiger partial charge in [0, 0.05) is 0 Å². The first kappa shape index (κ1) is 8.88. The maximum absolute atomic E-state index is 6.03. The zero-order chi connectivity index (χ0) is 6.91. The Bertz CT molecular complexity index is 110. The summed E-state index contributed by atoms with van der Waals surface area (Å²) in [4.78, 5) is 0. The van der Waals surface area contributed by atoms with Crippen molar-refractivity contribution >= 4 is 15.3 Å². The molecule has 1 aliphatic heterocycles. The van der Waals surface area contributed by atoms with Crippen LogP contribution in [0.25, 0.3) is 0 Å². The minimum absolute atomic E-state index is 0.0829. The zero-order valence-electron chi connectivity index (χ0n) is 6.23. The summed E-state index contributed by atoms with van der Waals surface area (Å²) in [6.45, 7) is 0. The average molecular weight is 233 g/mol. The Hall–Kier alpha value is 1.78. The van der Waals surface area contributed by atoms with Crippen molar-refractivity contribution in [2.45, 2.75) is 15.7 Å². The molecule has 0 N–H and O–H groups in total. The van der Waals surface area contributed by atoms with Crippen molar-refractivity contribution in [1.82, 2.24) is 0 Å². The molecule has 2 nitrogen and oxygen atoms in total. The Kier molecular flexibility index (Phi) is 3.40. The Labute approximate surface area is 70.1 Å². The van der Waals surface area contributed by atoms with Crippen LogP contribution in [0.4, 0.5) is 0 Å². The fourth-order valence-corrected chi connectivity index (χ4v) is 47.6. The van der Waals surface area contributed by atoms with Crippen LogP contribution in [0.5, 0.6) is 0 Å². The molecule has 1 aliphatic rings. The molecule has 0 aromatic carbocycles. The molecule has 1 saturated heterocycles. The summed E-state index contributed by atoms with van der Waals surface area (Å²) in [5.41, 5.74) is 0. The molecular formula is C3H13O2Si2Ti2. The molecule has 0 saturated carbocycles. The number of rotatable bonds is 0. The van der Waals surface area contributed by atoms with Crippen LogP contribution in [0, 0.1) is 0 Å². The molecule has 0 aromatic heterocycles. The minimum atomic E-state index is -1.58. The van der Waals surface area contributed by atoms with Gasteiger partial charge in [0.25, 0.3) is 0 Å². The predicted molar refractivity (Wildman–Crippen MR) is 36.8 cm³/mol. The first-order valence-corrected chi connectivity index (χ1v) is 18.3. The van der Waals surface area contributed by atoms with Crippen molar-refractivity contribution < 1.29 is 39.8 Å². The third-order valence-corrected chi connectivity index (χ3v) is 27.0. The monoisotopic (exact) mass is 233 g/mol. The van der Waals surface area contributed by atoms with Crippen LogP contribution < -0.4 is 0 Å². The van der Waals surface area contributed by atoms with E-state index >= 15 is 0 Å². The van der Waals surface area contributed by atoms with E-state index in [0.29, 0.717) is 0 Å². The quantitative estimate of drug-likeness (QED) is 0.538. The number of hydrogen-bond acceptors (Lipinski definition) is 2. The second-order valence-corrected chi connectivity index (χ2v) is 28.4. The molecule has 0 unspecified atom stereocenters. The molecule has 0 amide bonds. The van der Waals surface area contributed by atoms with Gasteiger partial charge in [0.15, 0.2) is 0 Å². The molecule has 0 radical (unpaired) electrons. The molecular weight excluding hydrogens is 220 g/mol. The number of hydrogen-bond donors (Lipinski definition) is 0. The van der Waals surface area contributed by atoms with Gasteiger partial charge in [-0.15, -0.1) is 0 Å². The fraction of sp³-hybridized carbons (Fsp3) is 1.00. The van der Waals surface area contributed by atoms with Gasteiger partial charge in [-0.3, -0.25) is 0 Å². The van der Waals surface area contributed by atoms with Crippen molar-refractivity contribution in [3.8, 4) is 0 Å². The van der Waals surface area contributed by atoms with Crippen LogP contribution in [0.3, 0.4) is 0 Å². The van der Waals surface area contributed by atoms with E-state index in [4.69, 9.17) is 6.02 Å². The first-order valence-electron chi connectivity index (χ1n) is 3.19. The molecule has 0 aromatic rings. The van der Waals surface area contributed by atoms with Gasteiger partial charge >= 0.3 is 70.7 Å². The summed E-state index contributed by atoms with van der Waals surface area (Å²) in [6.07, 6.45) is 0. The molecule has 0 aliphatic carbocycles. The van der Waals surface area contributed by atoms with Crippen molar-refractivity contribution in [2.24, 2.45) is 0 Å². The van der Waals surface area contributed by atoms with Crippen LogP contribution in [0.1, 0.15) is 0 Å². The van der Waals surface area contributed by atoms with E-state index in [1.54, 1.807) is 0 Å². The zero-order valence-corrected chi connectivity index (χ0v) is 12.2. The van der Waals surface area contributed by atoms with Crippen LogP contribution >= 0.6 is 0 Å². The Morgan fingerprint density at radius 2 is 2.11 bits per heavy atom. The van der Waals surface area contributed by atoms with E-state index in [9.17, 15) is 0 Å². The van der Waals surface area contributed by atoms with E-state index in [1.165, 1.54) is 0 Å². The van der Waals surface area contributed by atoms with Gasteiger partial charge in [-0.1, -0.05) is 0 Å².